The summed E-state index contributed by atoms with van der Waals surface area (Å²) in [5.41, 5.74) is 5.41. The molecule has 1 aromatic carbocycles. The van der Waals surface area contributed by atoms with E-state index < -0.39 is 0 Å². The highest BCUT2D eigenvalue weighted by Gasteiger charge is 2.15. The van der Waals surface area contributed by atoms with Crippen molar-refractivity contribution in [3.63, 3.8) is 0 Å². The Morgan fingerprint density at radius 2 is 1.82 bits per heavy atom. The minimum absolute atomic E-state index is 0.189. The van der Waals surface area contributed by atoms with Crippen LogP contribution in [-0.2, 0) is 7.05 Å². The number of piperazine rings is 1. The number of carbonyl (C=O) groups excluding carboxylic acids is 1. The van der Waals surface area contributed by atoms with E-state index in [1.807, 2.05) is 12.1 Å². The summed E-state index contributed by atoms with van der Waals surface area (Å²) in [5.74, 6) is 1.17. The number of nitrogens with one attached hydrogen (secondary N) is 2. The number of pyridine rings is 2. The predicted molar refractivity (Wildman–Crippen MR) is 133 cm³/mol. The van der Waals surface area contributed by atoms with Gasteiger partial charge in [-0.15, -0.1) is 0 Å². The van der Waals surface area contributed by atoms with E-state index in [0.717, 1.165) is 48.3 Å². The third-order valence-electron chi connectivity index (χ3n) is 6.50. The lowest BCUT2D eigenvalue weighted by Crippen LogP contribution is -2.43. The van der Waals surface area contributed by atoms with Gasteiger partial charge in [0.2, 0.25) is 0 Å². The summed E-state index contributed by atoms with van der Waals surface area (Å²) in [6.45, 7) is 7.86. The fourth-order valence-electron chi connectivity index (χ4n) is 4.31. The molecule has 1 aliphatic heterocycles. The van der Waals surface area contributed by atoms with Gasteiger partial charge in [-0.1, -0.05) is 12.1 Å². The van der Waals surface area contributed by atoms with E-state index in [9.17, 15) is 4.79 Å². The number of aromatic nitrogens is 3. The molecule has 0 spiro atoms. The third kappa shape index (κ3) is 4.19. The standard InChI is InChI=1S/C26H28N6O/c1-17-12-23(31(3)18(17)2)19-4-5-21-16-29-24(14-22(21)13-19)30-26(33)20-6-7-28-25(15-20)32-10-8-27-9-11-32/h4-7,12-16,27H,8-11H2,1-3H3,(H,29,30,33). The molecule has 0 atom stereocenters. The number of anilines is 2. The second kappa shape index (κ2) is 8.67. The minimum Gasteiger partial charge on any atom is -0.354 e. The number of hydrogen-bond donors (Lipinski definition) is 2. The van der Waals surface area contributed by atoms with Gasteiger partial charge < -0.3 is 20.1 Å². The molecule has 7 heteroatoms. The van der Waals surface area contributed by atoms with Gasteiger partial charge in [-0.25, -0.2) is 9.97 Å². The Bertz CT molecular complexity index is 1340. The number of amides is 1. The molecule has 168 valence electrons. The first-order chi connectivity index (χ1) is 16.0. The molecule has 3 aromatic heterocycles. The van der Waals surface area contributed by atoms with Crippen molar-refractivity contribution in [2.45, 2.75) is 13.8 Å². The molecule has 1 saturated heterocycles. The van der Waals surface area contributed by atoms with Crippen molar-refractivity contribution in [2.75, 3.05) is 36.4 Å². The lowest BCUT2D eigenvalue weighted by atomic mass is 10.1. The van der Waals surface area contributed by atoms with Crippen molar-refractivity contribution in [2.24, 2.45) is 7.05 Å². The molecular formula is C26H28N6O. The summed E-state index contributed by atoms with van der Waals surface area (Å²) >= 11 is 0. The number of hydrogen-bond acceptors (Lipinski definition) is 5. The molecule has 4 aromatic rings. The molecule has 0 bridgehead atoms. The van der Waals surface area contributed by atoms with E-state index in [1.165, 1.54) is 17.0 Å². The summed E-state index contributed by atoms with van der Waals surface area (Å²) in [6, 6.07) is 14.1. The smallest absolute Gasteiger partial charge is 0.257 e. The van der Waals surface area contributed by atoms with Crippen LogP contribution in [0.25, 0.3) is 22.0 Å². The average Bonchev–Trinajstić information content (AvgIpc) is 3.11. The van der Waals surface area contributed by atoms with E-state index >= 15 is 0 Å². The van der Waals surface area contributed by atoms with E-state index in [2.05, 4.69) is 75.2 Å². The largest absolute Gasteiger partial charge is 0.354 e. The van der Waals surface area contributed by atoms with Gasteiger partial charge in [0.05, 0.1) is 0 Å². The maximum Gasteiger partial charge on any atom is 0.257 e. The fourth-order valence-corrected chi connectivity index (χ4v) is 4.31. The van der Waals surface area contributed by atoms with Crippen LogP contribution < -0.4 is 15.5 Å². The van der Waals surface area contributed by atoms with Gasteiger partial charge in [0, 0.05) is 68.0 Å². The molecule has 7 nitrogen and oxygen atoms in total. The van der Waals surface area contributed by atoms with Gasteiger partial charge in [-0.2, -0.15) is 0 Å². The molecule has 5 rings (SSSR count). The van der Waals surface area contributed by atoms with E-state index in [4.69, 9.17) is 0 Å². The molecule has 0 radical (unpaired) electrons. The summed E-state index contributed by atoms with van der Waals surface area (Å²) < 4.78 is 2.21. The Morgan fingerprint density at radius 1 is 1.00 bits per heavy atom. The summed E-state index contributed by atoms with van der Waals surface area (Å²) in [4.78, 5) is 24.0. The molecule has 1 fully saturated rings. The van der Waals surface area contributed by atoms with Crippen LogP contribution in [0.5, 0.6) is 0 Å². The lowest BCUT2D eigenvalue weighted by molar-refractivity contribution is 0.102. The fraction of sp³-hybridized carbons (Fsp3) is 0.269. The monoisotopic (exact) mass is 440 g/mol. The van der Waals surface area contributed by atoms with Gasteiger partial charge in [0.1, 0.15) is 11.6 Å². The zero-order valence-electron chi connectivity index (χ0n) is 19.2. The number of fused-ring (bicyclic) bond motifs is 1. The van der Waals surface area contributed by atoms with Crippen LogP contribution in [0.1, 0.15) is 21.6 Å². The number of aryl methyl sites for hydroxylation is 1. The minimum atomic E-state index is -0.189. The van der Waals surface area contributed by atoms with Crippen molar-refractivity contribution in [1.82, 2.24) is 19.9 Å². The van der Waals surface area contributed by atoms with Crippen LogP contribution in [0, 0.1) is 13.8 Å². The number of nitrogens with zero attached hydrogens (tertiary/aromatic N) is 4. The zero-order valence-corrected chi connectivity index (χ0v) is 19.2. The molecular weight excluding hydrogens is 412 g/mol. The van der Waals surface area contributed by atoms with E-state index in [1.54, 1.807) is 18.5 Å². The quantitative estimate of drug-likeness (QED) is 0.503. The predicted octanol–water partition coefficient (Wildman–Crippen LogP) is 3.91. The highest BCUT2D eigenvalue weighted by atomic mass is 16.1. The van der Waals surface area contributed by atoms with Crippen LogP contribution in [-0.4, -0.2) is 46.6 Å². The van der Waals surface area contributed by atoms with Crippen molar-refractivity contribution in [3.05, 3.63) is 71.7 Å². The van der Waals surface area contributed by atoms with E-state index in [0.29, 0.717) is 11.4 Å². The maximum absolute atomic E-state index is 12.9. The van der Waals surface area contributed by atoms with Gasteiger partial charge in [0.25, 0.3) is 5.91 Å². The molecule has 1 amide bonds. The number of benzene rings is 1. The maximum atomic E-state index is 12.9. The first-order valence-electron chi connectivity index (χ1n) is 11.3. The molecule has 33 heavy (non-hydrogen) atoms. The van der Waals surface area contributed by atoms with Gasteiger partial charge in [0.15, 0.2) is 0 Å². The van der Waals surface area contributed by atoms with Crippen molar-refractivity contribution >= 4 is 28.3 Å². The third-order valence-corrected chi connectivity index (χ3v) is 6.50. The van der Waals surface area contributed by atoms with Gasteiger partial charge in [-0.05, 0) is 60.7 Å². The second-order valence-corrected chi connectivity index (χ2v) is 8.58. The molecule has 0 unspecified atom stereocenters. The van der Waals surface area contributed by atoms with Crippen LogP contribution in [0.2, 0.25) is 0 Å². The Morgan fingerprint density at radius 3 is 2.58 bits per heavy atom. The highest BCUT2D eigenvalue weighted by molar-refractivity contribution is 6.05. The van der Waals surface area contributed by atoms with Crippen molar-refractivity contribution in [1.29, 1.82) is 0 Å². The SMILES string of the molecule is Cc1cc(-c2ccc3cnc(NC(=O)c4ccnc(N5CCNCC5)c4)cc3c2)n(C)c1C. The summed E-state index contributed by atoms with van der Waals surface area (Å²) in [5, 5.41) is 8.35. The molecule has 2 N–H and O–H groups in total. The highest BCUT2D eigenvalue weighted by Crippen LogP contribution is 2.28. The summed E-state index contributed by atoms with van der Waals surface area (Å²) in [6.07, 6.45) is 3.49. The molecule has 1 aliphatic rings. The average molecular weight is 441 g/mol. The first-order valence-corrected chi connectivity index (χ1v) is 11.3. The Balaban J connectivity index is 1.40. The van der Waals surface area contributed by atoms with Crippen LogP contribution >= 0.6 is 0 Å². The van der Waals surface area contributed by atoms with Crippen molar-refractivity contribution in [3.8, 4) is 11.3 Å². The Kier molecular flexibility index (Phi) is 5.56. The Labute approximate surface area is 193 Å². The van der Waals surface area contributed by atoms with Crippen LogP contribution in [0.15, 0.2) is 54.9 Å². The van der Waals surface area contributed by atoms with Gasteiger partial charge in [-0.3, -0.25) is 4.79 Å². The van der Waals surface area contributed by atoms with E-state index in [-0.39, 0.29) is 5.91 Å². The van der Waals surface area contributed by atoms with Crippen LogP contribution in [0.3, 0.4) is 0 Å². The zero-order chi connectivity index (χ0) is 22.9. The summed E-state index contributed by atoms with van der Waals surface area (Å²) in [7, 11) is 2.09. The Hall–Kier alpha value is -3.71. The molecule has 4 heterocycles. The normalized spacial score (nSPS) is 14.0. The molecule has 0 saturated carbocycles. The first kappa shape index (κ1) is 21.2. The number of rotatable bonds is 4. The number of carbonyl (C=O) groups is 1. The molecule has 0 aliphatic carbocycles. The van der Waals surface area contributed by atoms with Gasteiger partial charge >= 0.3 is 0 Å². The lowest BCUT2D eigenvalue weighted by Gasteiger charge is -2.28. The topological polar surface area (TPSA) is 75.1 Å². The second-order valence-electron chi connectivity index (χ2n) is 8.58. The van der Waals surface area contributed by atoms with Crippen molar-refractivity contribution < 1.29 is 4.79 Å². The van der Waals surface area contributed by atoms with Crippen LogP contribution in [0.4, 0.5) is 11.6 Å².